The summed E-state index contributed by atoms with van der Waals surface area (Å²) < 4.78 is 0. The van der Waals surface area contributed by atoms with Crippen LogP contribution in [0.15, 0.2) is 12.2 Å². The predicted octanol–water partition coefficient (Wildman–Crippen LogP) is 3.61. The van der Waals surface area contributed by atoms with Crippen molar-refractivity contribution in [2.24, 2.45) is 11.3 Å². The first-order valence-corrected chi connectivity index (χ1v) is 4.77. The average Bonchev–Trinajstić information content (AvgIpc) is 1.93. The van der Waals surface area contributed by atoms with E-state index in [1.165, 1.54) is 0 Å². The molecule has 0 amide bonds. The molecule has 0 saturated carbocycles. The highest BCUT2D eigenvalue weighted by Gasteiger charge is 2.25. The number of hydrogen-bond acceptors (Lipinski definition) is 0. The third kappa shape index (κ3) is 2.52. The standard InChI is InChI=1S/C10H17Cl/c1-8-5-4-6-10(2,3)7-9(8)11/h4,6,8-9H,5,7H2,1-3H3. The summed E-state index contributed by atoms with van der Waals surface area (Å²) in [5.41, 5.74) is 0.303. The first-order valence-electron chi connectivity index (χ1n) is 4.33. The van der Waals surface area contributed by atoms with Crippen molar-refractivity contribution < 1.29 is 0 Å². The van der Waals surface area contributed by atoms with Crippen molar-refractivity contribution in [2.45, 2.75) is 39.0 Å². The van der Waals surface area contributed by atoms with Gasteiger partial charge in [0.2, 0.25) is 0 Å². The van der Waals surface area contributed by atoms with Crippen LogP contribution in [0.4, 0.5) is 0 Å². The normalized spacial score (nSPS) is 36.7. The van der Waals surface area contributed by atoms with Crippen molar-refractivity contribution >= 4 is 11.6 Å². The Balaban J connectivity index is 2.67. The van der Waals surface area contributed by atoms with Crippen LogP contribution in [0.1, 0.15) is 33.6 Å². The molecule has 0 aromatic carbocycles. The maximum atomic E-state index is 6.22. The van der Waals surface area contributed by atoms with E-state index in [1.807, 2.05) is 0 Å². The second-order valence-electron chi connectivity index (χ2n) is 4.32. The van der Waals surface area contributed by atoms with Gasteiger partial charge in [-0.15, -0.1) is 11.6 Å². The smallest absolute Gasteiger partial charge is 0.0372 e. The average molecular weight is 173 g/mol. The van der Waals surface area contributed by atoms with Gasteiger partial charge in [0, 0.05) is 5.38 Å². The summed E-state index contributed by atoms with van der Waals surface area (Å²) in [6.07, 6.45) is 6.81. The Labute approximate surface area is 74.6 Å². The summed E-state index contributed by atoms with van der Waals surface area (Å²) in [6, 6.07) is 0. The molecular formula is C10H17Cl. The largest absolute Gasteiger partial charge is 0.123 e. The van der Waals surface area contributed by atoms with Crippen molar-refractivity contribution in [2.75, 3.05) is 0 Å². The second kappa shape index (κ2) is 3.18. The maximum absolute atomic E-state index is 6.22. The highest BCUT2D eigenvalue weighted by molar-refractivity contribution is 6.20. The van der Waals surface area contributed by atoms with Gasteiger partial charge in [-0.1, -0.05) is 32.9 Å². The first-order chi connectivity index (χ1) is 5.01. The van der Waals surface area contributed by atoms with Crippen molar-refractivity contribution in [1.82, 2.24) is 0 Å². The lowest BCUT2D eigenvalue weighted by molar-refractivity contribution is 0.395. The summed E-state index contributed by atoms with van der Waals surface area (Å²) in [6.45, 7) is 6.72. The minimum atomic E-state index is 0.303. The summed E-state index contributed by atoms with van der Waals surface area (Å²) in [5, 5.41) is 0.347. The summed E-state index contributed by atoms with van der Waals surface area (Å²) in [5.74, 6) is 0.634. The van der Waals surface area contributed by atoms with E-state index < -0.39 is 0 Å². The molecule has 1 heteroatoms. The van der Waals surface area contributed by atoms with Crippen molar-refractivity contribution in [1.29, 1.82) is 0 Å². The summed E-state index contributed by atoms with van der Waals surface area (Å²) in [7, 11) is 0. The van der Waals surface area contributed by atoms with Gasteiger partial charge in [-0.2, -0.15) is 0 Å². The molecule has 0 radical (unpaired) electrons. The van der Waals surface area contributed by atoms with Crippen molar-refractivity contribution in [3.8, 4) is 0 Å². The summed E-state index contributed by atoms with van der Waals surface area (Å²) in [4.78, 5) is 0. The number of hydrogen-bond donors (Lipinski definition) is 0. The SMILES string of the molecule is CC1CC=CC(C)(C)CC1Cl. The molecule has 2 atom stereocenters. The van der Waals surface area contributed by atoms with Crippen LogP contribution in [-0.4, -0.2) is 5.38 Å². The van der Waals surface area contributed by atoms with Crippen molar-refractivity contribution in [3.05, 3.63) is 12.2 Å². The number of halogens is 1. The van der Waals surface area contributed by atoms with Gasteiger partial charge in [-0.05, 0) is 24.2 Å². The van der Waals surface area contributed by atoms with Crippen LogP contribution in [0.5, 0.6) is 0 Å². The van der Waals surface area contributed by atoms with Gasteiger partial charge >= 0.3 is 0 Å². The van der Waals surface area contributed by atoms with Crippen LogP contribution in [0.25, 0.3) is 0 Å². The highest BCUT2D eigenvalue weighted by atomic mass is 35.5. The Morgan fingerprint density at radius 2 is 2.09 bits per heavy atom. The van der Waals surface area contributed by atoms with E-state index in [9.17, 15) is 0 Å². The fourth-order valence-electron chi connectivity index (χ4n) is 1.52. The zero-order valence-corrected chi connectivity index (χ0v) is 8.36. The Bertz CT molecular complexity index is 158. The van der Waals surface area contributed by atoms with Gasteiger partial charge in [0.25, 0.3) is 0 Å². The zero-order valence-electron chi connectivity index (χ0n) is 7.60. The number of allylic oxidation sites excluding steroid dienone is 2. The van der Waals surface area contributed by atoms with Gasteiger partial charge in [0.1, 0.15) is 0 Å². The van der Waals surface area contributed by atoms with E-state index in [1.54, 1.807) is 0 Å². The van der Waals surface area contributed by atoms with Gasteiger partial charge in [0.05, 0.1) is 0 Å². The molecule has 1 rings (SSSR count). The third-order valence-electron chi connectivity index (χ3n) is 2.42. The Morgan fingerprint density at radius 1 is 1.45 bits per heavy atom. The molecule has 0 heterocycles. The lowest BCUT2D eigenvalue weighted by atomic mass is 9.87. The van der Waals surface area contributed by atoms with E-state index >= 15 is 0 Å². The molecular weight excluding hydrogens is 156 g/mol. The summed E-state index contributed by atoms with van der Waals surface area (Å²) >= 11 is 6.22. The maximum Gasteiger partial charge on any atom is 0.0372 e. The number of alkyl halides is 1. The van der Waals surface area contributed by atoms with Crippen LogP contribution in [0.3, 0.4) is 0 Å². The van der Waals surface area contributed by atoms with E-state index in [0.29, 0.717) is 16.7 Å². The molecule has 0 aromatic heterocycles. The topological polar surface area (TPSA) is 0 Å². The molecule has 64 valence electrons. The van der Waals surface area contributed by atoms with Crippen LogP contribution >= 0.6 is 11.6 Å². The molecule has 0 aliphatic heterocycles. The molecule has 11 heavy (non-hydrogen) atoms. The lowest BCUT2D eigenvalue weighted by Gasteiger charge is -2.23. The molecule has 2 unspecified atom stereocenters. The van der Waals surface area contributed by atoms with Gasteiger partial charge in [0.15, 0.2) is 0 Å². The van der Waals surface area contributed by atoms with E-state index in [0.717, 1.165) is 12.8 Å². The molecule has 0 saturated heterocycles. The zero-order chi connectivity index (χ0) is 8.48. The van der Waals surface area contributed by atoms with Crippen LogP contribution < -0.4 is 0 Å². The van der Waals surface area contributed by atoms with Crippen LogP contribution in [0.2, 0.25) is 0 Å². The van der Waals surface area contributed by atoms with Gasteiger partial charge in [-0.25, -0.2) is 0 Å². The Hall–Kier alpha value is 0.0300. The van der Waals surface area contributed by atoms with E-state index in [2.05, 4.69) is 32.9 Å². The minimum absolute atomic E-state index is 0.303. The minimum Gasteiger partial charge on any atom is -0.123 e. The quantitative estimate of drug-likeness (QED) is 0.387. The molecule has 0 spiro atoms. The van der Waals surface area contributed by atoms with Crippen molar-refractivity contribution in [3.63, 3.8) is 0 Å². The van der Waals surface area contributed by atoms with Gasteiger partial charge in [-0.3, -0.25) is 0 Å². The molecule has 0 fully saturated rings. The third-order valence-corrected chi connectivity index (χ3v) is 3.00. The molecule has 0 N–H and O–H groups in total. The predicted molar refractivity (Wildman–Crippen MR) is 51.0 cm³/mol. The Morgan fingerprint density at radius 3 is 2.73 bits per heavy atom. The molecule has 1 aliphatic rings. The first kappa shape index (κ1) is 9.12. The van der Waals surface area contributed by atoms with Gasteiger partial charge < -0.3 is 0 Å². The lowest BCUT2D eigenvalue weighted by Crippen LogP contribution is -2.17. The van der Waals surface area contributed by atoms with Crippen LogP contribution in [0, 0.1) is 11.3 Å². The molecule has 0 bridgehead atoms. The van der Waals surface area contributed by atoms with E-state index in [4.69, 9.17) is 11.6 Å². The molecule has 0 nitrogen and oxygen atoms in total. The monoisotopic (exact) mass is 172 g/mol. The van der Waals surface area contributed by atoms with Crippen LogP contribution in [-0.2, 0) is 0 Å². The molecule has 1 aliphatic carbocycles. The van der Waals surface area contributed by atoms with E-state index in [-0.39, 0.29) is 0 Å². The fourth-order valence-corrected chi connectivity index (χ4v) is 2.02. The number of rotatable bonds is 0. The second-order valence-corrected chi connectivity index (χ2v) is 4.88. The highest BCUT2D eigenvalue weighted by Crippen LogP contribution is 2.34. The fraction of sp³-hybridized carbons (Fsp3) is 0.800. The molecule has 0 aromatic rings. The Kier molecular flexibility index (Phi) is 2.64.